The zero-order chi connectivity index (χ0) is 14.9. The van der Waals surface area contributed by atoms with E-state index in [0.717, 1.165) is 24.2 Å². The van der Waals surface area contributed by atoms with Gasteiger partial charge < -0.3 is 5.73 Å². The van der Waals surface area contributed by atoms with E-state index in [9.17, 15) is 13.2 Å². The Labute approximate surface area is 114 Å². The summed E-state index contributed by atoms with van der Waals surface area (Å²) in [5.41, 5.74) is 6.90. The molecule has 0 spiro atoms. The Morgan fingerprint density at radius 1 is 1.30 bits per heavy atom. The second-order valence-electron chi connectivity index (χ2n) is 4.52. The predicted octanol–water partition coefficient (Wildman–Crippen LogP) is 3.04. The summed E-state index contributed by atoms with van der Waals surface area (Å²) in [4.78, 5) is 3.86. The zero-order valence-electron chi connectivity index (χ0n) is 11.2. The van der Waals surface area contributed by atoms with Crippen molar-refractivity contribution >= 4 is 5.82 Å². The summed E-state index contributed by atoms with van der Waals surface area (Å²) < 4.78 is 39.0. The molecule has 20 heavy (non-hydrogen) atoms. The van der Waals surface area contributed by atoms with Crippen LogP contribution >= 0.6 is 0 Å². The van der Waals surface area contributed by atoms with Crippen molar-refractivity contribution in [2.75, 3.05) is 5.73 Å². The number of hydrogen-bond acceptors (Lipinski definition) is 3. The molecular weight excluding hydrogens is 269 g/mol. The van der Waals surface area contributed by atoms with E-state index in [-0.39, 0.29) is 0 Å². The van der Waals surface area contributed by atoms with Crippen molar-refractivity contribution < 1.29 is 13.2 Å². The summed E-state index contributed by atoms with van der Waals surface area (Å²) in [6.07, 6.45) is -2.00. The van der Waals surface area contributed by atoms with Gasteiger partial charge >= 0.3 is 6.18 Å². The van der Waals surface area contributed by atoms with Gasteiger partial charge in [0.2, 0.25) is 0 Å². The fourth-order valence-electron chi connectivity index (χ4n) is 1.98. The number of aromatic nitrogens is 3. The number of alkyl halides is 3. The van der Waals surface area contributed by atoms with Crippen molar-refractivity contribution in [3.05, 3.63) is 29.5 Å². The normalized spacial score (nSPS) is 11.8. The summed E-state index contributed by atoms with van der Waals surface area (Å²) in [7, 11) is 1.70. The molecule has 0 aliphatic carbocycles. The van der Waals surface area contributed by atoms with Crippen LogP contribution < -0.4 is 5.73 Å². The summed E-state index contributed by atoms with van der Waals surface area (Å²) in [5.74, 6) is 0.517. The zero-order valence-corrected chi connectivity index (χ0v) is 11.2. The standard InChI is InChI=1S/C13H15F3N4/c1-3-4-9-11(19-20(2)12(9)17)10-6-5-8(7-18-10)13(14,15)16/h5-7H,3-4,17H2,1-2H3. The Morgan fingerprint density at radius 3 is 2.50 bits per heavy atom. The highest BCUT2D eigenvalue weighted by atomic mass is 19.4. The number of hydrogen-bond donors (Lipinski definition) is 1. The maximum absolute atomic E-state index is 12.5. The largest absolute Gasteiger partial charge is 0.417 e. The van der Waals surface area contributed by atoms with Gasteiger partial charge in [0.25, 0.3) is 0 Å². The average molecular weight is 284 g/mol. The molecule has 0 atom stereocenters. The Bertz CT molecular complexity index is 599. The van der Waals surface area contributed by atoms with Crippen molar-refractivity contribution in [1.29, 1.82) is 0 Å². The summed E-state index contributed by atoms with van der Waals surface area (Å²) >= 11 is 0. The number of rotatable bonds is 3. The third-order valence-electron chi connectivity index (χ3n) is 3.03. The minimum Gasteiger partial charge on any atom is -0.384 e. The van der Waals surface area contributed by atoms with Crippen molar-refractivity contribution in [3.63, 3.8) is 0 Å². The van der Waals surface area contributed by atoms with Gasteiger partial charge in [0.1, 0.15) is 11.5 Å². The van der Waals surface area contributed by atoms with E-state index >= 15 is 0 Å². The van der Waals surface area contributed by atoms with Crippen LogP contribution in [0.15, 0.2) is 18.3 Å². The first kappa shape index (κ1) is 14.4. The molecule has 2 heterocycles. The molecule has 0 saturated carbocycles. The van der Waals surface area contributed by atoms with E-state index < -0.39 is 11.7 Å². The summed E-state index contributed by atoms with van der Waals surface area (Å²) in [5, 5.41) is 4.24. The molecule has 2 aromatic heterocycles. The molecule has 0 aliphatic heterocycles. The van der Waals surface area contributed by atoms with Crippen LogP contribution in [0.25, 0.3) is 11.4 Å². The Kier molecular flexibility index (Phi) is 3.69. The predicted molar refractivity (Wildman–Crippen MR) is 69.8 cm³/mol. The molecule has 4 nitrogen and oxygen atoms in total. The maximum Gasteiger partial charge on any atom is 0.417 e. The lowest BCUT2D eigenvalue weighted by Gasteiger charge is -2.06. The lowest BCUT2D eigenvalue weighted by molar-refractivity contribution is -0.137. The van der Waals surface area contributed by atoms with E-state index in [2.05, 4.69) is 10.1 Å². The highest BCUT2D eigenvalue weighted by Gasteiger charge is 2.31. The van der Waals surface area contributed by atoms with Crippen LogP contribution in [-0.2, 0) is 19.6 Å². The Balaban J connectivity index is 2.44. The second-order valence-corrected chi connectivity index (χ2v) is 4.52. The van der Waals surface area contributed by atoms with Gasteiger partial charge in [0.05, 0.1) is 11.3 Å². The number of anilines is 1. The molecule has 2 N–H and O–H groups in total. The van der Waals surface area contributed by atoms with Crippen molar-refractivity contribution in [2.45, 2.75) is 25.9 Å². The van der Waals surface area contributed by atoms with Gasteiger partial charge in [-0.15, -0.1) is 0 Å². The van der Waals surface area contributed by atoms with E-state index in [4.69, 9.17) is 5.73 Å². The third-order valence-corrected chi connectivity index (χ3v) is 3.03. The third kappa shape index (κ3) is 2.61. The minimum atomic E-state index is -4.39. The number of aryl methyl sites for hydroxylation is 1. The van der Waals surface area contributed by atoms with Gasteiger partial charge in [0, 0.05) is 18.8 Å². The lowest BCUT2D eigenvalue weighted by Crippen LogP contribution is -2.05. The fourth-order valence-corrected chi connectivity index (χ4v) is 1.98. The number of nitrogen functional groups attached to an aromatic ring is 1. The minimum absolute atomic E-state index is 0.397. The SMILES string of the molecule is CCCc1c(-c2ccc(C(F)(F)F)cn2)nn(C)c1N. The first-order valence-corrected chi connectivity index (χ1v) is 6.19. The van der Waals surface area contributed by atoms with Crippen LogP contribution in [-0.4, -0.2) is 14.8 Å². The molecule has 108 valence electrons. The van der Waals surface area contributed by atoms with E-state index in [1.807, 2.05) is 6.92 Å². The van der Waals surface area contributed by atoms with Crippen LogP contribution in [0.2, 0.25) is 0 Å². The van der Waals surface area contributed by atoms with Gasteiger partial charge in [-0.3, -0.25) is 9.67 Å². The van der Waals surface area contributed by atoms with Crippen LogP contribution in [0.4, 0.5) is 19.0 Å². The first-order chi connectivity index (χ1) is 9.34. The van der Waals surface area contributed by atoms with Gasteiger partial charge in [-0.05, 0) is 18.6 Å². The van der Waals surface area contributed by atoms with Gasteiger partial charge in [-0.25, -0.2) is 0 Å². The van der Waals surface area contributed by atoms with Crippen LogP contribution in [0.3, 0.4) is 0 Å². The van der Waals surface area contributed by atoms with Crippen LogP contribution in [0.5, 0.6) is 0 Å². The molecule has 2 aromatic rings. The molecule has 0 unspecified atom stereocenters. The maximum atomic E-state index is 12.5. The highest BCUT2D eigenvalue weighted by molar-refractivity contribution is 5.65. The molecule has 0 saturated heterocycles. The second kappa shape index (κ2) is 5.15. The van der Waals surface area contributed by atoms with E-state index in [1.165, 1.54) is 10.7 Å². The molecule has 0 fully saturated rings. The Hall–Kier alpha value is -2.05. The molecule has 0 amide bonds. The smallest absolute Gasteiger partial charge is 0.384 e. The molecule has 0 bridgehead atoms. The van der Waals surface area contributed by atoms with Gasteiger partial charge in [0.15, 0.2) is 0 Å². The van der Waals surface area contributed by atoms with E-state index in [0.29, 0.717) is 23.6 Å². The molecule has 0 aromatic carbocycles. The van der Waals surface area contributed by atoms with Gasteiger partial charge in [-0.2, -0.15) is 18.3 Å². The summed E-state index contributed by atoms with van der Waals surface area (Å²) in [6, 6.07) is 2.33. The fraction of sp³-hybridized carbons (Fsp3) is 0.385. The summed E-state index contributed by atoms with van der Waals surface area (Å²) in [6.45, 7) is 2.00. The highest BCUT2D eigenvalue weighted by Crippen LogP contribution is 2.31. The number of pyridine rings is 1. The average Bonchev–Trinajstić information content (AvgIpc) is 2.67. The van der Waals surface area contributed by atoms with Crippen molar-refractivity contribution in [2.24, 2.45) is 7.05 Å². The molecule has 0 radical (unpaired) electrons. The topological polar surface area (TPSA) is 56.7 Å². The molecule has 2 rings (SSSR count). The van der Waals surface area contributed by atoms with E-state index in [1.54, 1.807) is 7.05 Å². The number of nitrogens with two attached hydrogens (primary N) is 1. The molecular formula is C13H15F3N4. The van der Waals surface area contributed by atoms with Crippen molar-refractivity contribution in [1.82, 2.24) is 14.8 Å². The quantitative estimate of drug-likeness (QED) is 0.942. The van der Waals surface area contributed by atoms with Crippen LogP contribution in [0, 0.1) is 0 Å². The number of nitrogens with zero attached hydrogens (tertiary/aromatic N) is 3. The van der Waals surface area contributed by atoms with Crippen molar-refractivity contribution in [3.8, 4) is 11.4 Å². The first-order valence-electron chi connectivity index (χ1n) is 6.19. The lowest BCUT2D eigenvalue weighted by atomic mass is 10.1. The number of halogens is 3. The monoisotopic (exact) mass is 284 g/mol. The molecule has 0 aliphatic rings. The molecule has 7 heteroatoms. The van der Waals surface area contributed by atoms with Crippen LogP contribution in [0.1, 0.15) is 24.5 Å². The van der Waals surface area contributed by atoms with Gasteiger partial charge in [-0.1, -0.05) is 13.3 Å². The Morgan fingerprint density at radius 2 is 2.00 bits per heavy atom.